The van der Waals surface area contributed by atoms with Crippen LogP contribution in [0.2, 0.25) is 0 Å². The lowest BCUT2D eigenvalue weighted by Gasteiger charge is -2.09. The van der Waals surface area contributed by atoms with Crippen LogP contribution in [0.4, 0.5) is 0 Å². The minimum absolute atomic E-state index is 0.272. The standard InChI is InChI=1S/C11H16O.C2H4O2/c1-2-3-9-11(12)10-7-5-4-6-8-10;1-2(3)4/h4-8,11-12H,2-3,9H2,1H3;1H3,(H,3,4). The van der Waals surface area contributed by atoms with Gasteiger partial charge in [-0.15, -0.1) is 0 Å². The average Bonchev–Trinajstić information content (AvgIpc) is 2.26. The van der Waals surface area contributed by atoms with Gasteiger partial charge < -0.3 is 10.2 Å². The van der Waals surface area contributed by atoms with Gasteiger partial charge in [0, 0.05) is 6.92 Å². The molecule has 3 heteroatoms. The molecular weight excluding hydrogens is 204 g/mol. The highest BCUT2D eigenvalue weighted by atomic mass is 16.4. The maximum absolute atomic E-state index is 9.65. The van der Waals surface area contributed by atoms with Gasteiger partial charge in [0.25, 0.3) is 5.97 Å². The van der Waals surface area contributed by atoms with E-state index in [2.05, 4.69) is 6.92 Å². The summed E-state index contributed by atoms with van der Waals surface area (Å²) in [5.41, 5.74) is 1.03. The first kappa shape index (κ1) is 14.6. The minimum atomic E-state index is -0.833. The summed E-state index contributed by atoms with van der Waals surface area (Å²) < 4.78 is 0. The van der Waals surface area contributed by atoms with Gasteiger partial charge in [0.15, 0.2) is 0 Å². The van der Waals surface area contributed by atoms with Crippen molar-refractivity contribution < 1.29 is 15.0 Å². The molecule has 0 aliphatic carbocycles. The van der Waals surface area contributed by atoms with E-state index in [0.29, 0.717) is 0 Å². The second-order valence-electron chi connectivity index (χ2n) is 3.59. The fraction of sp³-hybridized carbons (Fsp3) is 0.462. The van der Waals surface area contributed by atoms with Crippen molar-refractivity contribution in [3.8, 4) is 0 Å². The van der Waals surface area contributed by atoms with Gasteiger partial charge in [-0.25, -0.2) is 0 Å². The van der Waals surface area contributed by atoms with Crippen molar-refractivity contribution in [2.75, 3.05) is 0 Å². The summed E-state index contributed by atoms with van der Waals surface area (Å²) in [6.07, 6.45) is 2.84. The van der Waals surface area contributed by atoms with Crippen molar-refractivity contribution >= 4 is 5.97 Å². The van der Waals surface area contributed by atoms with E-state index in [-0.39, 0.29) is 6.10 Å². The van der Waals surface area contributed by atoms with E-state index in [1.54, 1.807) is 0 Å². The van der Waals surface area contributed by atoms with E-state index in [0.717, 1.165) is 31.7 Å². The summed E-state index contributed by atoms with van der Waals surface area (Å²) >= 11 is 0. The number of aliphatic carboxylic acids is 1. The molecule has 1 aromatic rings. The second kappa shape index (κ2) is 8.92. The lowest BCUT2D eigenvalue weighted by molar-refractivity contribution is -0.134. The van der Waals surface area contributed by atoms with Gasteiger partial charge in [-0.05, 0) is 12.0 Å². The molecule has 2 N–H and O–H groups in total. The van der Waals surface area contributed by atoms with Crippen molar-refractivity contribution in [3.05, 3.63) is 35.9 Å². The van der Waals surface area contributed by atoms with E-state index >= 15 is 0 Å². The van der Waals surface area contributed by atoms with Crippen LogP contribution in [0.15, 0.2) is 30.3 Å². The molecule has 0 fully saturated rings. The molecule has 1 aromatic carbocycles. The predicted octanol–water partition coefficient (Wildman–Crippen LogP) is 3.00. The normalized spacial score (nSPS) is 11.2. The van der Waals surface area contributed by atoms with Crippen molar-refractivity contribution in [1.29, 1.82) is 0 Å². The van der Waals surface area contributed by atoms with Gasteiger partial charge >= 0.3 is 0 Å². The number of aliphatic hydroxyl groups is 1. The molecule has 1 rings (SSSR count). The average molecular weight is 224 g/mol. The Balaban J connectivity index is 0.000000487. The van der Waals surface area contributed by atoms with Gasteiger partial charge in [0.05, 0.1) is 6.10 Å². The fourth-order valence-corrected chi connectivity index (χ4v) is 1.24. The first-order valence-corrected chi connectivity index (χ1v) is 5.50. The Morgan fingerprint density at radius 1 is 1.31 bits per heavy atom. The minimum Gasteiger partial charge on any atom is -0.481 e. The molecule has 0 amide bonds. The molecule has 90 valence electrons. The molecule has 0 heterocycles. The van der Waals surface area contributed by atoms with Crippen molar-refractivity contribution in [2.24, 2.45) is 0 Å². The van der Waals surface area contributed by atoms with E-state index in [9.17, 15) is 5.11 Å². The Morgan fingerprint density at radius 2 is 1.81 bits per heavy atom. The number of unbranched alkanes of at least 4 members (excludes halogenated alkanes) is 1. The smallest absolute Gasteiger partial charge is 0.300 e. The lowest BCUT2D eigenvalue weighted by Crippen LogP contribution is -1.95. The summed E-state index contributed by atoms with van der Waals surface area (Å²) in [7, 11) is 0. The first-order chi connectivity index (χ1) is 7.57. The van der Waals surface area contributed by atoms with Crippen LogP contribution in [0, 0.1) is 0 Å². The first-order valence-electron chi connectivity index (χ1n) is 5.50. The largest absolute Gasteiger partial charge is 0.481 e. The van der Waals surface area contributed by atoms with Gasteiger partial charge in [0.2, 0.25) is 0 Å². The molecule has 16 heavy (non-hydrogen) atoms. The molecule has 0 saturated carbocycles. The molecule has 0 spiro atoms. The Kier molecular flexibility index (Phi) is 8.17. The number of carboxylic acid groups (broad SMARTS) is 1. The third kappa shape index (κ3) is 8.00. The van der Waals surface area contributed by atoms with Crippen LogP contribution >= 0.6 is 0 Å². The molecule has 0 aliphatic rings. The number of rotatable bonds is 4. The number of hydrogen-bond donors (Lipinski definition) is 2. The Hall–Kier alpha value is -1.35. The molecule has 0 aromatic heterocycles. The Labute approximate surface area is 96.7 Å². The quantitative estimate of drug-likeness (QED) is 0.826. The zero-order valence-electron chi connectivity index (χ0n) is 9.89. The van der Waals surface area contributed by atoms with Crippen LogP contribution in [0.1, 0.15) is 44.8 Å². The summed E-state index contributed by atoms with van der Waals surface area (Å²) in [6, 6.07) is 9.84. The molecule has 0 bridgehead atoms. The SMILES string of the molecule is CC(=O)O.CCCCC(O)c1ccccc1. The monoisotopic (exact) mass is 224 g/mol. The number of carboxylic acids is 1. The van der Waals surface area contributed by atoms with E-state index < -0.39 is 5.97 Å². The van der Waals surface area contributed by atoms with Crippen LogP contribution in [-0.2, 0) is 4.79 Å². The van der Waals surface area contributed by atoms with E-state index in [4.69, 9.17) is 9.90 Å². The highest BCUT2D eigenvalue weighted by Crippen LogP contribution is 2.17. The Bertz CT molecular complexity index is 278. The highest BCUT2D eigenvalue weighted by molar-refractivity contribution is 5.62. The van der Waals surface area contributed by atoms with Gasteiger partial charge in [-0.3, -0.25) is 4.79 Å². The zero-order chi connectivity index (χ0) is 12.4. The maximum atomic E-state index is 9.65. The van der Waals surface area contributed by atoms with Gasteiger partial charge in [-0.2, -0.15) is 0 Å². The van der Waals surface area contributed by atoms with Gasteiger partial charge in [0.1, 0.15) is 0 Å². The van der Waals surface area contributed by atoms with Crippen LogP contribution in [0.5, 0.6) is 0 Å². The maximum Gasteiger partial charge on any atom is 0.300 e. The molecule has 0 saturated heterocycles. The summed E-state index contributed by atoms with van der Waals surface area (Å²) in [5.74, 6) is -0.833. The van der Waals surface area contributed by atoms with Crippen LogP contribution in [0.25, 0.3) is 0 Å². The number of carbonyl (C=O) groups is 1. The number of hydrogen-bond acceptors (Lipinski definition) is 2. The van der Waals surface area contributed by atoms with Gasteiger partial charge in [-0.1, -0.05) is 50.1 Å². The molecule has 1 atom stereocenters. The highest BCUT2D eigenvalue weighted by Gasteiger charge is 2.04. The van der Waals surface area contributed by atoms with Crippen LogP contribution in [0.3, 0.4) is 0 Å². The summed E-state index contributed by atoms with van der Waals surface area (Å²) in [6.45, 7) is 3.22. The Morgan fingerprint density at radius 3 is 2.25 bits per heavy atom. The molecule has 1 unspecified atom stereocenters. The fourth-order valence-electron chi connectivity index (χ4n) is 1.24. The van der Waals surface area contributed by atoms with Crippen LogP contribution < -0.4 is 0 Å². The number of aliphatic hydroxyl groups excluding tert-OH is 1. The lowest BCUT2D eigenvalue weighted by atomic mass is 10.0. The zero-order valence-corrected chi connectivity index (χ0v) is 9.89. The number of benzene rings is 1. The molecule has 0 aliphatic heterocycles. The van der Waals surface area contributed by atoms with Crippen molar-refractivity contribution in [3.63, 3.8) is 0 Å². The third-order valence-electron chi connectivity index (χ3n) is 2.02. The summed E-state index contributed by atoms with van der Waals surface area (Å²) in [5, 5.41) is 17.1. The molecule has 3 nitrogen and oxygen atoms in total. The van der Waals surface area contributed by atoms with Crippen LogP contribution in [-0.4, -0.2) is 16.2 Å². The second-order valence-corrected chi connectivity index (χ2v) is 3.59. The van der Waals surface area contributed by atoms with E-state index in [1.165, 1.54) is 0 Å². The summed E-state index contributed by atoms with van der Waals surface area (Å²) in [4.78, 5) is 9.00. The third-order valence-corrected chi connectivity index (χ3v) is 2.02. The topological polar surface area (TPSA) is 57.5 Å². The van der Waals surface area contributed by atoms with Crippen molar-refractivity contribution in [1.82, 2.24) is 0 Å². The predicted molar refractivity (Wildman–Crippen MR) is 64.2 cm³/mol. The van der Waals surface area contributed by atoms with E-state index in [1.807, 2.05) is 30.3 Å². The van der Waals surface area contributed by atoms with Crippen molar-refractivity contribution in [2.45, 2.75) is 39.2 Å². The molecular formula is C13H20O3. The molecule has 0 radical (unpaired) electrons.